The molecule has 2 aromatic rings. The van der Waals surface area contributed by atoms with Gasteiger partial charge < -0.3 is 15.2 Å². The van der Waals surface area contributed by atoms with Crippen LogP contribution in [0.4, 0.5) is 0 Å². The molecule has 29 heavy (non-hydrogen) atoms. The summed E-state index contributed by atoms with van der Waals surface area (Å²) in [5, 5.41) is 13.3. The van der Waals surface area contributed by atoms with E-state index in [-0.39, 0.29) is 23.0 Å². The standard InChI is InChI=1S/C22H26N2O4S/c1-6-9-23-21(26)17-8-7-14(19(24-17)22(27)28-5)15-11-18(25)16(10-13(15)4)20(29)12(2)3/h7-8,10-11,25,29H,6,9H2,1-5H3,(H,23,26). The predicted octanol–water partition coefficient (Wildman–Crippen LogP) is 4.37. The van der Waals surface area contributed by atoms with Crippen LogP contribution in [0.5, 0.6) is 5.75 Å². The Kier molecular flexibility index (Phi) is 7.45. The number of nitrogens with zero attached hydrogens (tertiary/aromatic N) is 1. The lowest BCUT2D eigenvalue weighted by atomic mass is 9.95. The number of methoxy groups -OCH3 is 1. The maximum atomic E-state index is 12.4. The van der Waals surface area contributed by atoms with Gasteiger partial charge in [-0.3, -0.25) is 4.79 Å². The van der Waals surface area contributed by atoms with Gasteiger partial charge in [0.05, 0.1) is 7.11 Å². The van der Waals surface area contributed by atoms with Gasteiger partial charge >= 0.3 is 5.97 Å². The summed E-state index contributed by atoms with van der Waals surface area (Å²) in [5.41, 5.74) is 3.63. The number of phenols is 1. The number of aromatic hydroxyl groups is 1. The van der Waals surface area contributed by atoms with Gasteiger partial charge in [-0.2, -0.15) is 0 Å². The highest BCUT2D eigenvalue weighted by Gasteiger charge is 2.21. The number of aromatic nitrogens is 1. The minimum atomic E-state index is -0.660. The van der Waals surface area contributed by atoms with E-state index in [0.29, 0.717) is 28.1 Å². The van der Waals surface area contributed by atoms with Crippen molar-refractivity contribution in [2.24, 2.45) is 0 Å². The van der Waals surface area contributed by atoms with Crippen molar-refractivity contribution in [3.63, 3.8) is 0 Å². The van der Waals surface area contributed by atoms with E-state index in [1.807, 2.05) is 33.8 Å². The summed E-state index contributed by atoms with van der Waals surface area (Å²) in [4.78, 5) is 29.5. The Morgan fingerprint density at radius 3 is 2.48 bits per heavy atom. The summed E-state index contributed by atoms with van der Waals surface area (Å²) in [5.74, 6) is -0.980. The monoisotopic (exact) mass is 414 g/mol. The van der Waals surface area contributed by atoms with E-state index in [1.165, 1.54) is 7.11 Å². The molecule has 2 rings (SSSR count). The second kappa shape index (κ2) is 9.60. The molecule has 0 unspecified atom stereocenters. The first-order chi connectivity index (χ1) is 13.7. The number of thiol groups is 1. The molecule has 0 fully saturated rings. The van der Waals surface area contributed by atoms with Crippen molar-refractivity contribution in [3.8, 4) is 16.9 Å². The van der Waals surface area contributed by atoms with Gasteiger partial charge in [0.2, 0.25) is 0 Å². The lowest BCUT2D eigenvalue weighted by Gasteiger charge is -2.15. The van der Waals surface area contributed by atoms with Crippen LogP contribution in [-0.2, 0) is 4.74 Å². The Morgan fingerprint density at radius 1 is 1.21 bits per heavy atom. The molecule has 1 amide bonds. The summed E-state index contributed by atoms with van der Waals surface area (Å²) in [7, 11) is 1.26. The van der Waals surface area contributed by atoms with Crippen LogP contribution in [0.15, 0.2) is 29.8 Å². The first-order valence-electron chi connectivity index (χ1n) is 9.29. The van der Waals surface area contributed by atoms with Gasteiger partial charge in [0.1, 0.15) is 11.4 Å². The van der Waals surface area contributed by atoms with Gasteiger partial charge in [0.25, 0.3) is 5.91 Å². The topological polar surface area (TPSA) is 88.5 Å². The predicted molar refractivity (Wildman–Crippen MR) is 117 cm³/mol. The third-order valence-electron chi connectivity index (χ3n) is 4.40. The maximum absolute atomic E-state index is 12.4. The lowest BCUT2D eigenvalue weighted by Crippen LogP contribution is -2.25. The first kappa shape index (κ1) is 22.5. The number of hydrogen-bond donors (Lipinski definition) is 3. The van der Waals surface area contributed by atoms with E-state index in [0.717, 1.165) is 17.6 Å². The van der Waals surface area contributed by atoms with E-state index in [1.54, 1.807) is 18.2 Å². The number of allylic oxidation sites excluding steroid dienone is 1. The highest BCUT2D eigenvalue weighted by molar-refractivity contribution is 7.90. The van der Waals surface area contributed by atoms with Crippen LogP contribution in [0.1, 0.15) is 59.3 Å². The molecule has 0 aliphatic rings. The number of phenolic OH excluding ortho intramolecular Hbond substituents is 1. The lowest BCUT2D eigenvalue weighted by molar-refractivity contribution is 0.0595. The Hall–Kier alpha value is -2.80. The van der Waals surface area contributed by atoms with Crippen molar-refractivity contribution in [1.29, 1.82) is 0 Å². The largest absolute Gasteiger partial charge is 0.507 e. The van der Waals surface area contributed by atoms with Gasteiger partial charge in [-0.1, -0.05) is 12.5 Å². The van der Waals surface area contributed by atoms with Gasteiger partial charge in [-0.25, -0.2) is 9.78 Å². The van der Waals surface area contributed by atoms with Crippen molar-refractivity contribution in [3.05, 3.63) is 52.4 Å². The number of rotatable bonds is 6. The first-order valence-corrected chi connectivity index (χ1v) is 9.74. The fourth-order valence-electron chi connectivity index (χ4n) is 2.83. The van der Waals surface area contributed by atoms with Crippen molar-refractivity contribution in [2.75, 3.05) is 13.7 Å². The highest BCUT2D eigenvalue weighted by atomic mass is 32.1. The molecule has 1 aromatic carbocycles. The number of esters is 1. The number of carbonyl (C=O) groups is 2. The zero-order chi connectivity index (χ0) is 21.7. The molecule has 0 aliphatic heterocycles. The molecule has 0 atom stereocenters. The summed E-state index contributed by atoms with van der Waals surface area (Å²) in [6, 6.07) is 6.58. The zero-order valence-electron chi connectivity index (χ0n) is 17.3. The second-order valence-corrected chi connectivity index (χ2v) is 7.32. The minimum Gasteiger partial charge on any atom is -0.507 e. The Bertz CT molecular complexity index is 979. The second-order valence-electron chi connectivity index (χ2n) is 6.87. The fraction of sp³-hybridized carbons (Fsp3) is 0.318. The quantitative estimate of drug-likeness (QED) is 0.482. The van der Waals surface area contributed by atoms with Crippen LogP contribution in [-0.4, -0.2) is 35.6 Å². The summed E-state index contributed by atoms with van der Waals surface area (Å²) in [6.07, 6.45) is 0.789. The molecule has 0 saturated heterocycles. The number of hydrogen-bond acceptors (Lipinski definition) is 6. The van der Waals surface area contributed by atoms with Crippen molar-refractivity contribution in [1.82, 2.24) is 10.3 Å². The molecule has 0 saturated carbocycles. The number of ether oxygens (including phenoxy) is 1. The third kappa shape index (κ3) is 4.98. The van der Waals surface area contributed by atoms with Crippen molar-refractivity contribution in [2.45, 2.75) is 34.1 Å². The van der Waals surface area contributed by atoms with E-state index < -0.39 is 5.97 Å². The van der Waals surface area contributed by atoms with Crippen LogP contribution in [0.2, 0.25) is 0 Å². The SMILES string of the molecule is CCCNC(=O)c1ccc(-c2cc(O)c(C(S)=C(C)C)cc2C)c(C(=O)OC)n1. The number of carbonyl (C=O) groups excluding carboxylic acids is 2. The molecule has 0 aliphatic carbocycles. The van der Waals surface area contributed by atoms with Gasteiger partial charge in [0.15, 0.2) is 5.69 Å². The van der Waals surface area contributed by atoms with Crippen molar-refractivity contribution < 1.29 is 19.4 Å². The molecule has 1 heterocycles. The third-order valence-corrected chi connectivity index (χ3v) is 5.09. The highest BCUT2D eigenvalue weighted by Crippen LogP contribution is 2.37. The number of amides is 1. The molecule has 6 nitrogen and oxygen atoms in total. The average molecular weight is 415 g/mol. The molecule has 0 radical (unpaired) electrons. The van der Waals surface area contributed by atoms with Crippen LogP contribution in [0.3, 0.4) is 0 Å². The van der Waals surface area contributed by atoms with Gasteiger partial charge in [0, 0.05) is 22.6 Å². The summed E-state index contributed by atoms with van der Waals surface area (Å²) >= 11 is 4.47. The average Bonchev–Trinajstić information content (AvgIpc) is 2.71. The van der Waals surface area contributed by atoms with Crippen LogP contribution < -0.4 is 5.32 Å². The van der Waals surface area contributed by atoms with E-state index in [4.69, 9.17) is 4.74 Å². The van der Waals surface area contributed by atoms with Gasteiger partial charge in [-0.05, 0) is 62.6 Å². The summed E-state index contributed by atoms with van der Waals surface area (Å²) in [6.45, 7) is 8.15. The minimum absolute atomic E-state index is 0.0141. The van der Waals surface area contributed by atoms with Crippen LogP contribution in [0, 0.1) is 6.92 Å². The Labute approximate surface area is 176 Å². The molecule has 0 bridgehead atoms. The zero-order valence-corrected chi connectivity index (χ0v) is 18.2. The van der Waals surface area contributed by atoms with Crippen molar-refractivity contribution >= 4 is 29.4 Å². The molecule has 7 heteroatoms. The number of nitrogens with one attached hydrogen (secondary N) is 1. The van der Waals surface area contributed by atoms with Crippen LogP contribution >= 0.6 is 12.6 Å². The maximum Gasteiger partial charge on any atom is 0.357 e. The molecular formula is C22H26N2O4S. The van der Waals surface area contributed by atoms with E-state index >= 15 is 0 Å². The Balaban J connectivity index is 2.62. The fourth-order valence-corrected chi connectivity index (χ4v) is 3.01. The van der Waals surface area contributed by atoms with Gasteiger partial charge in [-0.15, -0.1) is 12.6 Å². The molecular weight excluding hydrogens is 388 g/mol. The number of benzene rings is 1. The number of pyridine rings is 1. The van der Waals surface area contributed by atoms with Crippen LogP contribution in [0.25, 0.3) is 16.0 Å². The molecule has 1 aromatic heterocycles. The van der Waals surface area contributed by atoms with E-state index in [9.17, 15) is 14.7 Å². The molecule has 2 N–H and O–H groups in total. The molecule has 0 spiro atoms. The summed E-state index contributed by atoms with van der Waals surface area (Å²) < 4.78 is 4.86. The normalized spacial score (nSPS) is 10.4. The Morgan fingerprint density at radius 2 is 1.90 bits per heavy atom. The number of aryl methyl sites for hydroxylation is 1. The smallest absolute Gasteiger partial charge is 0.357 e. The van der Waals surface area contributed by atoms with E-state index in [2.05, 4.69) is 22.9 Å². The molecule has 154 valence electrons.